The first-order valence-electron chi connectivity index (χ1n) is 6.62. The van der Waals surface area contributed by atoms with Crippen molar-refractivity contribution in [3.63, 3.8) is 0 Å². The van der Waals surface area contributed by atoms with Gasteiger partial charge in [0.1, 0.15) is 0 Å². The van der Waals surface area contributed by atoms with E-state index in [2.05, 4.69) is 13.8 Å². The molecule has 1 heterocycles. The fourth-order valence-corrected chi connectivity index (χ4v) is 2.14. The highest BCUT2D eigenvalue weighted by molar-refractivity contribution is 6.17. The van der Waals surface area contributed by atoms with Crippen LogP contribution in [0.25, 0.3) is 0 Å². The van der Waals surface area contributed by atoms with Crippen LogP contribution in [-0.2, 0) is 9.53 Å². The summed E-state index contributed by atoms with van der Waals surface area (Å²) in [5, 5.41) is 0. The van der Waals surface area contributed by atoms with E-state index in [0.29, 0.717) is 36.8 Å². The molecule has 1 fully saturated rings. The lowest BCUT2D eigenvalue weighted by atomic mass is 10.0. The smallest absolute Gasteiger partial charge is 0.222 e. The Morgan fingerprint density at radius 1 is 1.47 bits per heavy atom. The zero-order valence-corrected chi connectivity index (χ0v) is 11.7. The first kappa shape index (κ1) is 14.8. The number of nitrogens with zero attached hydrogens (tertiary/aromatic N) is 1. The Bertz CT molecular complexity index is 227. The molecule has 0 aromatic rings. The van der Waals surface area contributed by atoms with Gasteiger partial charge in [-0.25, -0.2) is 0 Å². The van der Waals surface area contributed by atoms with Crippen molar-refractivity contribution in [2.75, 3.05) is 25.6 Å². The van der Waals surface area contributed by atoms with Crippen LogP contribution in [0, 0.1) is 5.92 Å². The van der Waals surface area contributed by atoms with E-state index in [4.69, 9.17) is 16.3 Å². The Labute approximate surface area is 109 Å². The minimum atomic E-state index is 0.293. The molecule has 0 saturated carbocycles. The molecular weight excluding hydrogens is 238 g/mol. The van der Waals surface area contributed by atoms with Gasteiger partial charge in [0.15, 0.2) is 0 Å². The first-order valence-corrected chi connectivity index (χ1v) is 7.16. The molecule has 1 amide bonds. The second-order valence-corrected chi connectivity index (χ2v) is 5.24. The van der Waals surface area contributed by atoms with Gasteiger partial charge in [0.05, 0.1) is 12.7 Å². The topological polar surface area (TPSA) is 29.5 Å². The molecule has 4 heteroatoms. The third-order valence-corrected chi connectivity index (χ3v) is 3.60. The monoisotopic (exact) mass is 261 g/mol. The average molecular weight is 262 g/mol. The van der Waals surface area contributed by atoms with E-state index in [1.807, 2.05) is 4.90 Å². The number of amides is 1. The number of ether oxygens (including phenoxy) is 1. The summed E-state index contributed by atoms with van der Waals surface area (Å²) in [6.45, 7) is 6.55. The molecule has 0 radical (unpaired) electrons. The van der Waals surface area contributed by atoms with E-state index in [9.17, 15) is 4.79 Å². The molecule has 1 rings (SSSR count). The SMILES string of the molecule is CCC(C)CC(=O)N1CCC(OCCCl)CC1. The van der Waals surface area contributed by atoms with Crippen molar-refractivity contribution >= 4 is 17.5 Å². The molecule has 0 spiro atoms. The number of likely N-dealkylation sites (tertiary alicyclic amines) is 1. The molecule has 1 unspecified atom stereocenters. The maximum absolute atomic E-state index is 12.0. The van der Waals surface area contributed by atoms with Gasteiger partial charge < -0.3 is 9.64 Å². The maximum atomic E-state index is 12.0. The summed E-state index contributed by atoms with van der Waals surface area (Å²) >= 11 is 5.58. The fourth-order valence-electron chi connectivity index (χ4n) is 2.05. The lowest BCUT2D eigenvalue weighted by Gasteiger charge is -2.32. The molecule has 0 aromatic carbocycles. The molecular formula is C13H24ClNO2. The number of hydrogen-bond acceptors (Lipinski definition) is 2. The predicted octanol–water partition coefficient (Wildman–Crippen LogP) is 2.67. The highest BCUT2D eigenvalue weighted by Crippen LogP contribution is 2.17. The second kappa shape index (κ2) is 7.93. The Balaban J connectivity index is 2.24. The van der Waals surface area contributed by atoms with Crippen molar-refractivity contribution in [2.45, 2.75) is 45.6 Å². The van der Waals surface area contributed by atoms with Gasteiger partial charge in [0, 0.05) is 25.4 Å². The number of hydrogen-bond donors (Lipinski definition) is 0. The lowest BCUT2D eigenvalue weighted by molar-refractivity contribution is -0.134. The molecule has 0 N–H and O–H groups in total. The molecule has 0 aliphatic carbocycles. The summed E-state index contributed by atoms with van der Waals surface area (Å²) in [7, 11) is 0. The average Bonchev–Trinajstić information content (AvgIpc) is 2.36. The molecule has 3 nitrogen and oxygen atoms in total. The molecule has 17 heavy (non-hydrogen) atoms. The predicted molar refractivity (Wildman–Crippen MR) is 70.3 cm³/mol. The number of piperidine rings is 1. The Morgan fingerprint density at radius 2 is 2.12 bits per heavy atom. The van der Waals surface area contributed by atoms with Gasteiger partial charge in [0.2, 0.25) is 5.91 Å². The van der Waals surface area contributed by atoms with Gasteiger partial charge in [-0.2, -0.15) is 0 Å². The van der Waals surface area contributed by atoms with Gasteiger partial charge in [-0.1, -0.05) is 20.3 Å². The first-order chi connectivity index (χ1) is 8.17. The minimum Gasteiger partial charge on any atom is -0.377 e. The van der Waals surface area contributed by atoms with Gasteiger partial charge in [-0.05, 0) is 18.8 Å². The van der Waals surface area contributed by atoms with E-state index >= 15 is 0 Å². The summed E-state index contributed by atoms with van der Waals surface area (Å²) in [6, 6.07) is 0. The second-order valence-electron chi connectivity index (χ2n) is 4.86. The summed E-state index contributed by atoms with van der Waals surface area (Å²) in [6.07, 6.45) is 3.94. The van der Waals surface area contributed by atoms with Gasteiger partial charge in [-0.15, -0.1) is 11.6 Å². The van der Waals surface area contributed by atoms with Crippen LogP contribution in [0.1, 0.15) is 39.5 Å². The lowest BCUT2D eigenvalue weighted by Crippen LogP contribution is -2.41. The van der Waals surface area contributed by atoms with Crippen molar-refractivity contribution in [1.29, 1.82) is 0 Å². The Hall–Kier alpha value is -0.280. The van der Waals surface area contributed by atoms with Crippen LogP contribution in [0.3, 0.4) is 0 Å². The number of halogens is 1. The van der Waals surface area contributed by atoms with Crippen LogP contribution in [-0.4, -0.2) is 42.5 Å². The standard InChI is InChI=1S/C13H24ClNO2/c1-3-11(2)10-13(16)15-7-4-12(5-8-15)17-9-6-14/h11-12H,3-10H2,1-2H3. The van der Waals surface area contributed by atoms with Crippen LogP contribution in [0.2, 0.25) is 0 Å². The third kappa shape index (κ3) is 5.26. The summed E-state index contributed by atoms with van der Waals surface area (Å²) < 4.78 is 5.59. The molecule has 1 aliphatic rings. The van der Waals surface area contributed by atoms with E-state index in [1.165, 1.54) is 0 Å². The number of carbonyl (C=O) groups excluding carboxylic acids is 1. The highest BCUT2D eigenvalue weighted by atomic mass is 35.5. The summed E-state index contributed by atoms with van der Waals surface area (Å²) in [4.78, 5) is 13.9. The van der Waals surface area contributed by atoms with Crippen molar-refractivity contribution in [3.05, 3.63) is 0 Å². The largest absolute Gasteiger partial charge is 0.377 e. The van der Waals surface area contributed by atoms with E-state index in [-0.39, 0.29) is 0 Å². The highest BCUT2D eigenvalue weighted by Gasteiger charge is 2.23. The van der Waals surface area contributed by atoms with Crippen LogP contribution in [0.4, 0.5) is 0 Å². The van der Waals surface area contributed by atoms with Gasteiger partial charge >= 0.3 is 0 Å². The fraction of sp³-hybridized carbons (Fsp3) is 0.923. The molecule has 0 bridgehead atoms. The summed E-state index contributed by atoms with van der Waals surface area (Å²) in [5.74, 6) is 1.34. The van der Waals surface area contributed by atoms with Crippen molar-refractivity contribution in [3.8, 4) is 0 Å². The third-order valence-electron chi connectivity index (χ3n) is 3.45. The normalized spacial score (nSPS) is 19.4. The Morgan fingerprint density at radius 3 is 2.65 bits per heavy atom. The molecule has 100 valence electrons. The van der Waals surface area contributed by atoms with Gasteiger partial charge in [-0.3, -0.25) is 4.79 Å². The number of rotatable bonds is 6. The van der Waals surface area contributed by atoms with E-state index < -0.39 is 0 Å². The van der Waals surface area contributed by atoms with Crippen molar-refractivity contribution < 1.29 is 9.53 Å². The Kier molecular flexibility index (Phi) is 6.90. The van der Waals surface area contributed by atoms with Crippen molar-refractivity contribution in [2.24, 2.45) is 5.92 Å². The van der Waals surface area contributed by atoms with Crippen LogP contribution < -0.4 is 0 Å². The van der Waals surface area contributed by atoms with Crippen molar-refractivity contribution in [1.82, 2.24) is 4.90 Å². The van der Waals surface area contributed by atoms with Crippen LogP contribution >= 0.6 is 11.6 Å². The number of carbonyl (C=O) groups is 1. The molecule has 1 aliphatic heterocycles. The van der Waals surface area contributed by atoms with E-state index in [1.54, 1.807) is 0 Å². The minimum absolute atomic E-state index is 0.293. The molecule has 1 atom stereocenters. The summed E-state index contributed by atoms with van der Waals surface area (Å²) in [5.41, 5.74) is 0. The quantitative estimate of drug-likeness (QED) is 0.688. The molecule has 0 aromatic heterocycles. The zero-order chi connectivity index (χ0) is 12.7. The maximum Gasteiger partial charge on any atom is 0.222 e. The van der Waals surface area contributed by atoms with Gasteiger partial charge in [0.25, 0.3) is 0 Å². The number of alkyl halides is 1. The van der Waals surface area contributed by atoms with E-state index in [0.717, 1.165) is 32.4 Å². The zero-order valence-electron chi connectivity index (χ0n) is 11.0. The van der Waals surface area contributed by atoms with Crippen LogP contribution in [0.15, 0.2) is 0 Å². The molecule has 1 saturated heterocycles. The van der Waals surface area contributed by atoms with Crippen LogP contribution in [0.5, 0.6) is 0 Å².